The van der Waals surface area contributed by atoms with Crippen molar-refractivity contribution in [3.05, 3.63) is 59.7 Å². The Hall–Kier alpha value is -1.94. The molecule has 2 N–H and O–H groups in total. The Morgan fingerprint density at radius 1 is 1.11 bits per heavy atom. The van der Waals surface area contributed by atoms with Gasteiger partial charge >= 0.3 is 5.97 Å². The van der Waals surface area contributed by atoms with Gasteiger partial charge in [0.2, 0.25) is 0 Å². The maximum atomic E-state index is 10.7. The van der Waals surface area contributed by atoms with Crippen LogP contribution < -0.4 is 5.32 Å². The van der Waals surface area contributed by atoms with E-state index in [4.69, 9.17) is 5.11 Å². The first kappa shape index (κ1) is 13.5. The van der Waals surface area contributed by atoms with Gasteiger partial charge in [0.05, 0.1) is 5.56 Å². The molecule has 0 bridgehead atoms. The molecule has 0 spiro atoms. The minimum atomic E-state index is -0.896. The molecule has 0 aliphatic rings. The summed E-state index contributed by atoms with van der Waals surface area (Å²) in [5.41, 5.74) is 2.42. The molecule has 98 valence electrons. The van der Waals surface area contributed by atoms with Crippen LogP contribution in [0.15, 0.2) is 53.4 Å². The van der Waals surface area contributed by atoms with Gasteiger partial charge in [0.25, 0.3) is 0 Å². The molecule has 2 rings (SSSR count). The van der Waals surface area contributed by atoms with Crippen molar-refractivity contribution >= 4 is 23.4 Å². The van der Waals surface area contributed by atoms with Crippen LogP contribution in [-0.2, 0) is 6.54 Å². The highest BCUT2D eigenvalue weighted by molar-refractivity contribution is 7.98. The summed E-state index contributed by atoms with van der Waals surface area (Å²) in [6, 6.07) is 15.1. The zero-order chi connectivity index (χ0) is 13.7. The fraction of sp³-hybridized carbons (Fsp3) is 0.133. The molecule has 0 saturated heterocycles. The van der Waals surface area contributed by atoms with Crippen LogP contribution in [0.25, 0.3) is 0 Å². The topological polar surface area (TPSA) is 49.3 Å². The van der Waals surface area contributed by atoms with Gasteiger partial charge < -0.3 is 10.4 Å². The summed E-state index contributed by atoms with van der Waals surface area (Å²) in [6.07, 6.45) is 2.05. The lowest BCUT2D eigenvalue weighted by molar-refractivity contribution is 0.0697. The van der Waals surface area contributed by atoms with Crippen molar-refractivity contribution in [1.29, 1.82) is 0 Å². The van der Waals surface area contributed by atoms with Crippen molar-refractivity contribution in [2.45, 2.75) is 11.4 Å². The van der Waals surface area contributed by atoms with Crippen LogP contribution in [0, 0.1) is 0 Å². The summed E-state index contributed by atoms with van der Waals surface area (Å²) < 4.78 is 0. The van der Waals surface area contributed by atoms with Gasteiger partial charge in [0.15, 0.2) is 0 Å². The third kappa shape index (κ3) is 3.76. The Labute approximate surface area is 116 Å². The molecule has 2 aromatic carbocycles. The molecule has 0 aliphatic carbocycles. The number of carbonyl (C=O) groups is 1. The lowest BCUT2D eigenvalue weighted by Gasteiger charge is -2.07. The number of aromatic carboxylic acids is 1. The highest BCUT2D eigenvalue weighted by Crippen LogP contribution is 2.18. The highest BCUT2D eigenvalue weighted by Gasteiger charge is 2.01. The molecule has 0 saturated carbocycles. The molecule has 3 nitrogen and oxygen atoms in total. The monoisotopic (exact) mass is 273 g/mol. The van der Waals surface area contributed by atoms with Crippen molar-refractivity contribution in [3.63, 3.8) is 0 Å². The minimum absolute atomic E-state index is 0.313. The number of thioether (sulfide) groups is 1. The third-order valence-electron chi connectivity index (χ3n) is 2.79. The molecule has 2 aromatic rings. The summed E-state index contributed by atoms with van der Waals surface area (Å²) in [5, 5.41) is 12.1. The Bertz CT molecular complexity index is 549. The second-order valence-electron chi connectivity index (χ2n) is 4.08. The summed E-state index contributed by atoms with van der Waals surface area (Å²) in [6.45, 7) is 0.679. The fourth-order valence-corrected chi connectivity index (χ4v) is 2.09. The van der Waals surface area contributed by atoms with E-state index in [-0.39, 0.29) is 0 Å². The Balaban J connectivity index is 1.95. The molecule has 0 atom stereocenters. The average Bonchev–Trinajstić information content (AvgIpc) is 2.46. The number of nitrogens with one attached hydrogen (secondary N) is 1. The maximum Gasteiger partial charge on any atom is 0.335 e. The minimum Gasteiger partial charge on any atom is -0.478 e. The largest absolute Gasteiger partial charge is 0.478 e. The van der Waals surface area contributed by atoms with Crippen LogP contribution in [0.5, 0.6) is 0 Å². The third-order valence-corrected chi connectivity index (χ3v) is 3.53. The van der Waals surface area contributed by atoms with E-state index in [0.29, 0.717) is 12.1 Å². The lowest BCUT2D eigenvalue weighted by Crippen LogP contribution is -2.01. The number of rotatable bonds is 5. The standard InChI is InChI=1S/C15H15NO2S/c1-19-14-8-6-13(7-9-14)16-10-11-2-4-12(5-3-11)15(17)18/h2-9,16H,10H2,1H3,(H,17,18). The number of anilines is 1. The van der Waals surface area contributed by atoms with E-state index in [1.807, 2.05) is 30.5 Å². The SMILES string of the molecule is CSc1ccc(NCc2ccc(C(=O)O)cc2)cc1. The molecule has 19 heavy (non-hydrogen) atoms. The molecule has 4 heteroatoms. The predicted molar refractivity (Wildman–Crippen MR) is 79.0 cm³/mol. The first-order chi connectivity index (χ1) is 9.19. The van der Waals surface area contributed by atoms with Gasteiger partial charge in [-0.25, -0.2) is 4.79 Å². The second kappa shape index (κ2) is 6.29. The molecule has 0 aliphatic heterocycles. The molecule has 0 amide bonds. The maximum absolute atomic E-state index is 10.7. The van der Waals surface area contributed by atoms with E-state index in [9.17, 15) is 4.79 Å². The van der Waals surface area contributed by atoms with Gasteiger partial charge in [-0.3, -0.25) is 0 Å². The van der Waals surface area contributed by atoms with Gasteiger partial charge in [-0.15, -0.1) is 11.8 Å². The van der Waals surface area contributed by atoms with Crippen LogP contribution >= 0.6 is 11.8 Å². The Kier molecular flexibility index (Phi) is 4.47. The van der Waals surface area contributed by atoms with E-state index < -0.39 is 5.97 Å². The van der Waals surface area contributed by atoms with Crippen LogP contribution in [0.1, 0.15) is 15.9 Å². The first-order valence-corrected chi connectivity index (χ1v) is 7.11. The van der Waals surface area contributed by atoms with Crippen molar-refractivity contribution in [2.24, 2.45) is 0 Å². The molecule has 0 fully saturated rings. The smallest absolute Gasteiger partial charge is 0.335 e. The van der Waals surface area contributed by atoms with Crippen molar-refractivity contribution < 1.29 is 9.90 Å². The van der Waals surface area contributed by atoms with E-state index in [1.54, 1.807) is 23.9 Å². The number of hydrogen-bond acceptors (Lipinski definition) is 3. The van der Waals surface area contributed by atoms with E-state index in [1.165, 1.54) is 4.90 Å². The van der Waals surface area contributed by atoms with Crippen LogP contribution in [0.4, 0.5) is 5.69 Å². The molecule has 0 unspecified atom stereocenters. The van der Waals surface area contributed by atoms with E-state index in [0.717, 1.165) is 11.3 Å². The van der Waals surface area contributed by atoms with Crippen molar-refractivity contribution in [3.8, 4) is 0 Å². The van der Waals surface area contributed by atoms with Crippen molar-refractivity contribution in [2.75, 3.05) is 11.6 Å². The molecule has 0 heterocycles. The number of benzene rings is 2. The molecule has 0 radical (unpaired) electrons. The van der Waals surface area contributed by atoms with Crippen LogP contribution in [0.2, 0.25) is 0 Å². The zero-order valence-electron chi connectivity index (χ0n) is 10.6. The second-order valence-corrected chi connectivity index (χ2v) is 4.96. The fourth-order valence-electron chi connectivity index (χ4n) is 1.68. The Morgan fingerprint density at radius 3 is 2.26 bits per heavy atom. The van der Waals surface area contributed by atoms with Gasteiger partial charge in [-0.1, -0.05) is 12.1 Å². The molecule has 0 aromatic heterocycles. The van der Waals surface area contributed by atoms with Crippen molar-refractivity contribution in [1.82, 2.24) is 0 Å². The zero-order valence-corrected chi connectivity index (χ0v) is 11.4. The number of carboxylic acids is 1. The predicted octanol–water partition coefficient (Wildman–Crippen LogP) is 3.72. The average molecular weight is 273 g/mol. The van der Waals surface area contributed by atoms with Crippen LogP contribution in [-0.4, -0.2) is 17.3 Å². The normalized spacial score (nSPS) is 10.2. The Morgan fingerprint density at radius 2 is 1.74 bits per heavy atom. The quantitative estimate of drug-likeness (QED) is 0.815. The summed E-state index contributed by atoms with van der Waals surface area (Å²) >= 11 is 1.71. The van der Waals surface area contributed by atoms with E-state index in [2.05, 4.69) is 17.4 Å². The highest BCUT2D eigenvalue weighted by atomic mass is 32.2. The molecular formula is C15H15NO2S. The summed E-state index contributed by atoms with van der Waals surface area (Å²) in [5.74, 6) is -0.896. The van der Waals surface area contributed by atoms with E-state index >= 15 is 0 Å². The van der Waals surface area contributed by atoms with Gasteiger partial charge in [-0.05, 0) is 48.2 Å². The lowest BCUT2D eigenvalue weighted by atomic mass is 10.1. The van der Waals surface area contributed by atoms with Gasteiger partial charge in [0.1, 0.15) is 0 Å². The van der Waals surface area contributed by atoms with Crippen LogP contribution in [0.3, 0.4) is 0 Å². The number of carboxylic acid groups (broad SMARTS) is 1. The number of hydrogen-bond donors (Lipinski definition) is 2. The first-order valence-electron chi connectivity index (χ1n) is 5.89. The summed E-state index contributed by atoms with van der Waals surface area (Å²) in [4.78, 5) is 12.0. The van der Waals surface area contributed by atoms with Gasteiger partial charge in [-0.2, -0.15) is 0 Å². The summed E-state index contributed by atoms with van der Waals surface area (Å²) in [7, 11) is 0. The molecular weight excluding hydrogens is 258 g/mol. The van der Waals surface area contributed by atoms with Gasteiger partial charge in [0, 0.05) is 17.1 Å².